The van der Waals surface area contributed by atoms with Crippen molar-refractivity contribution >= 4 is 57.5 Å². The van der Waals surface area contributed by atoms with E-state index in [0.29, 0.717) is 55.2 Å². The van der Waals surface area contributed by atoms with Crippen LogP contribution >= 0.6 is 22.7 Å². The van der Waals surface area contributed by atoms with Crippen molar-refractivity contribution in [3.63, 3.8) is 0 Å². The summed E-state index contributed by atoms with van der Waals surface area (Å²) in [4.78, 5) is 46.5. The topological polar surface area (TPSA) is 135 Å². The molecule has 2 spiro atoms. The zero-order chi connectivity index (χ0) is 42.3. The number of hydrogen-bond acceptors (Lipinski definition) is 10. The second-order valence-corrected chi connectivity index (χ2v) is 18.5. The summed E-state index contributed by atoms with van der Waals surface area (Å²) in [6.45, 7) is 15.5. The van der Waals surface area contributed by atoms with Crippen molar-refractivity contribution in [2.45, 2.75) is 75.4 Å². The molecule has 3 aromatic carbocycles. The number of allylic oxidation sites excluding steroid dienone is 6. The van der Waals surface area contributed by atoms with E-state index >= 15 is 0 Å². The van der Waals surface area contributed by atoms with Crippen LogP contribution in [0.5, 0.6) is 11.8 Å². The van der Waals surface area contributed by atoms with Crippen molar-refractivity contribution < 1.29 is 19.1 Å². The highest BCUT2D eigenvalue weighted by atomic mass is 32.1. The first-order valence-electron chi connectivity index (χ1n) is 20.7. The molecule has 0 saturated heterocycles. The number of nitriles is 2. The van der Waals surface area contributed by atoms with Gasteiger partial charge in [0.25, 0.3) is 11.4 Å². The second kappa shape index (κ2) is 14.2. The summed E-state index contributed by atoms with van der Waals surface area (Å²) in [7, 11) is 0. The number of ether oxygens (including phenoxy) is 2. The fraction of sp³-hybridized carbons (Fsp3) is 0.240. The molecule has 4 aliphatic carbocycles. The Bertz CT molecular complexity index is 2950. The van der Waals surface area contributed by atoms with Gasteiger partial charge in [-0.05, 0) is 86.8 Å². The zero-order valence-electron chi connectivity index (χ0n) is 33.1. The molecule has 0 N–H and O–H groups in total. The normalized spacial score (nSPS) is 21.2. The SMILES string of the molecule is [C-]#[N+]/C(C#N)=C1\C(=C\c2nc3c(s2)-c2cc4c(cc2C2(CCCCC2)O3)-c2sc(/C=C3\C(=O)c5ccccc5\C3=C(\C#N)[N+]#[C-])nc2OC42CCCCC2)C(=O)c2ccccc21. The van der Waals surface area contributed by atoms with Crippen LogP contribution in [0, 0.1) is 35.8 Å². The number of rotatable bonds is 2. The summed E-state index contributed by atoms with van der Waals surface area (Å²) in [6.07, 6.45) is 12.8. The first kappa shape index (κ1) is 37.8. The molecule has 6 aliphatic rings. The van der Waals surface area contributed by atoms with Crippen molar-refractivity contribution in [3.8, 4) is 44.8 Å². The van der Waals surface area contributed by atoms with Gasteiger partial charge in [-0.15, -0.1) is 22.7 Å². The fourth-order valence-corrected chi connectivity index (χ4v) is 12.3. The predicted octanol–water partition coefficient (Wildman–Crippen LogP) is 11.9. The molecule has 5 aromatic rings. The van der Waals surface area contributed by atoms with Crippen LogP contribution in [0.25, 0.3) is 53.9 Å². The molecule has 10 nitrogen and oxygen atoms in total. The van der Waals surface area contributed by atoms with Gasteiger partial charge in [0, 0.05) is 55.7 Å². The van der Waals surface area contributed by atoms with E-state index in [1.54, 1.807) is 60.7 Å². The Labute approximate surface area is 365 Å². The van der Waals surface area contributed by atoms with Gasteiger partial charge >= 0.3 is 0 Å². The molecule has 0 radical (unpaired) electrons. The summed E-state index contributed by atoms with van der Waals surface area (Å²) in [5.74, 6) is 0.521. The summed E-state index contributed by atoms with van der Waals surface area (Å²) in [5, 5.41) is 21.0. The van der Waals surface area contributed by atoms with Crippen molar-refractivity contribution in [1.82, 2.24) is 9.97 Å². The van der Waals surface area contributed by atoms with Gasteiger partial charge in [0.15, 0.2) is 11.6 Å². The molecule has 11 rings (SSSR count). The maximum atomic E-state index is 13.9. The molecule has 2 fully saturated rings. The van der Waals surface area contributed by atoms with Crippen molar-refractivity contribution in [2.75, 3.05) is 0 Å². The van der Waals surface area contributed by atoms with E-state index in [1.165, 1.54) is 22.7 Å². The Kier molecular flexibility index (Phi) is 8.64. The zero-order valence-corrected chi connectivity index (χ0v) is 34.8. The van der Waals surface area contributed by atoms with Crippen LogP contribution in [0.3, 0.4) is 0 Å². The van der Waals surface area contributed by atoms with Crippen LogP contribution in [0.1, 0.15) is 117 Å². The van der Waals surface area contributed by atoms with Crippen molar-refractivity contribution in [2.24, 2.45) is 0 Å². The van der Waals surface area contributed by atoms with Gasteiger partial charge in [0.05, 0.1) is 35.0 Å². The lowest BCUT2D eigenvalue weighted by Gasteiger charge is -2.45. The molecule has 4 heterocycles. The highest BCUT2D eigenvalue weighted by Gasteiger charge is 2.49. The van der Waals surface area contributed by atoms with E-state index < -0.39 is 11.2 Å². The third-order valence-electron chi connectivity index (χ3n) is 13.1. The number of carbonyl (C=O) groups is 2. The van der Waals surface area contributed by atoms with Crippen molar-refractivity contribution in [1.29, 1.82) is 10.5 Å². The Hall–Kier alpha value is -7.22. The summed E-state index contributed by atoms with van der Waals surface area (Å²) in [5.41, 5.74) is 5.87. The van der Waals surface area contributed by atoms with E-state index in [9.17, 15) is 20.1 Å². The predicted molar refractivity (Wildman–Crippen MR) is 235 cm³/mol. The summed E-state index contributed by atoms with van der Waals surface area (Å²) < 4.78 is 14.1. The average Bonchev–Trinajstić information content (AvgIpc) is 4.04. The third kappa shape index (κ3) is 5.47. The van der Waals surface area contributed by atoms with Crippen LogP contribution < -0.4 is 9.47 Å². The molecule has 2 aromatic heterocycles. The molecule has 62 heavy (non-hydrogen) atoms. The van der Waals surface area contributed by atoms with Gasteiger partial charge < -0.3 is 9.47 Å². The molecule has 2 saturated carbocycles. The standard InChI is InChI=1S/C50H32N6O4S2/c1-53-37(25-51)41-27-13-5-7-15-29(27)43(57)33(41)23-39-55-47-45(61-39)31-21-36-32(22-35(31)49(59-47)17-9-3-10-18-49)46-48(60-50(36)19-11-4-12-20-50)56-40(62-46)24-34-42(38(26-52)54-2)28-14-6-8-16-30(28)44(34)58/h5-8,13-16,21-24H,3-4,9-12,17-20H2/b33-23-,34-24-,41-37-,42-38+. The Morgan fingerprint density at radius 1 is 0.613 bits per heavy atom. The number of Topliss-reactive ketones (excluding diaryl/α,β-unsaturated/α-hetero) is 2. The Balaban J connectivity index is 1.08. The molecule has 12 heteroatoms. The van der Waals surface area contributed by atoms with E-state index in [2.05, 4.69) is 21.8 Å². The second-order valence-electron chi connectivity index (χ2n) is 16.4. The van der Waals surface area contributed by atoms with Gasteiger partial charge in [-0.1, -0.05) is 61.4 Å². The van der Waals surface area contributed by atoms with Gasteiger partial charge in [0.2, 0.25) is 11.8 Å². The molecule has 0 bridgehead atoms. The van der Waals surface area contributed by atoms with Crippen LogP contribution in [0.15, 0.2) is 83.2 Å². The minimum Gasteiger partial charge on any atom is -0.465 e. The number of carbonyl (C=O) groups excluding carboxylic acids is 2. The lowest BCUT2D eigenvalue weighted by Crippen LogP contribution is -2.40. The van der Waals surface area contributed by atoms with Crippen LogP contribution in [-0.4, -0.2) is 21.5 Å². The first-order chi connectivity index (χ1) is 30.3. The maximum Gasteiger partial charge on any atom is 0.270 e. The van der Waals surface area contributed by atoms with Gasteiger partial charge in [-0.25, -0.2) is 30.2 Å². The molecular formula is C50H32N6O4S2. The largest absolute Gasteiger partial charge is 0.465 e. The van der Waals surface area contributed by atoms with E-state index in [4.69, 9.17) is 32.6 Å². The molecule has 0 amide bonds. The Morgan fingerprint density at radius 2 is 1.00 bits per heavy atom. The number of hydrogen-bond donors (Lipinski definition) is 0. The number of nitrogens with zero attached hydrogens (tertiary/aromatic N) is 6. The molecule has 0 atom stereocenters. The van der Waals surface area contributed by atoms with Crippen LogP contribution in [0.2, 0.25) is 0 Å². The minimum absolute atomic E-state index is 0.142. The lowest BCUT2D eigenvalue weighted by molar-refractivity contribution is 0.0162. The monoisotopic (exact) mass is 844 g/mol. The summed E-state index contributed by atoms with van der Waals surface area (Å²) >= 11 is 2.86. The first-order valence-corrected chi connectivity index (χ1v) is 22.3. The Morgan fingerprint density at radius 3 is 1.37 bits per heavy atom. The van der Waals surface area contributed by atoms with Crippen LogP contribution in [-0.2, 0) is 11.2 Å². The highest BCUT2D eigenvalue weighted by Crippen LogP contribution is 2.59. The highest BCUT2D eigenvalue weighted by molar-refractivity contribution is 7.16. The van der Waals surface area contributed by atoms with Gasteiger partial charge in [0.1, 0.15) is 21.2 Å². The molecule has 2 aliphatic heterocycles. The number of fused-ring (bicyclic) bond motifs is 10. The summed E-state index contributed by atoms with van der Waals surface area (Å²) in [6, 6.07) is 22.7. The number of thiazole rings is 2. The van der Waals surface area contributed by atoms with Crippen molar-refractivity contribution in [3.05, 3.63) is 149 Å². The van der Waals surface area contributed by atoms with E-state index in [0.717, 1.165) is 96.2 Å². The average molecular weight is 845 g/mol. The number of benzene rings is 3. The van der Waals surface area contributed by atoms with E-state index in [-0.39, 0.29) is 34.1 Å². The number of ketones is 2. The van der Waals surface area contributed by atoms with E-state index in [1.807, 2.05) is 12.1 Å². The van der Waals surface area contributed by atoms with Gasteiger partial charge in [-0.3, -0.25) is 9.59 Å². The minimum atomic E-state index is -0.639. The molecule has 0 unspecified atom stereocenters. The lowest BCUT2D eigenvalue weighted by atomic mass is 9.71. The molecular weight excluding hydrogens is 813 g/mol. The number of aromatic nitrogens is 2. The quantitative estimate of drug-likeness (QED) is 0.0974. The van der Waals surface area contributed by atoms with Gasteiger partial charge in [-0.2, -0.15) is 0 Å². The maximum absolute atomic E-state index is 13.9. The third-order valence-corrected chi connectivity index (χ3v) is 15.1. The smallest absolute Gasteiger partial charge is 0.270 e. The van der Waals surface area contributed by atoms with Crippen LogP contribution in [0.4, 0.5) is 0 Å². The molecule has 298 valence electrons. The fourth-order valence-electron chi connectivity index (χ4n) is 10.4.